The number of ether oxygens (including phenoxy) is 2. The molecule has 2 aromatic rings. The standard InChI is InChI=1S/C29H37N3O6/c1-17-21(18(2)30-23(17)28(36)37-6)25(33)22-24(19-7-9-20(10-8-19)29(3,4)5)32(27(35)26(22)34)12-11-31-13-15-38-16-14-31/h7-10,24,30,33H,11-16H2,1-6H3/b25-22+/t24-/m1/s1. The molecule has 0 saturated carbocycles. The smallest absolute Gasteiger partial charge is 0.354 e. The number of methoxy groups -OCH3 is 1. The lowest BCUT2D eigenvalue weighted by atomic mass is 9.85. The van der Waals surface area contributed by atoms with Gasteiger partial charge in [0.2, 0.25) is 0 Å². The van der Waals surface area contributed by atoms with Crippen LogP contribution in [0.25, 0.3) is 5.76 Å². The number of hydrogen-bond acceptors (Lipinski definition) is 7. The third-order valence-electron chi connectivity index (χ3n) is 7.46. The summed E-state index contributed by atoms with van der Waals surface area (Å²) in [6.07, 6.45) is 0. The van der Waals surface area contributed by atoms with Gasteiger partial charge in [-0.15, -0.1) is 0 Å². The summed E-state index contributed by atoms with van der Waals surface area (Å²) in [6, 6.07) is 7.07. The Bertz CT molecular complexity index is 1260. The van der Waals surface area contributed by atoms with Gasteiger partial charge in [-0.2, -0.15) is 0 Å². The fourth-order valence-corrected chi connectivity index (χ4v) is 5.24. The minimum Gasteiger partial charge on any atom is -0.507 e. The first-order valence-electron chi connectivity index (χ1n) is 12.9. The molecule has 9 heteroatoms. The van der Waals surface area contributed by atoms with E-state index in [1.807, 2.05) is 24.3 Å². The number of aliphatic hydroxyl groups excluding tert-OH is 1. The summed E-state index contributed by atoms with van der Waals surface area (Å²) < 4.78 is 10.3. The Balaban J connectivity index is 1.81. The Morgan fingerprint density at radius 2 is 1.74 bits per heavy atom. The molecule has 0 radical (unpaired) electrons. The van der Waals surface area contributed by atoms with Crippen molar-refractivity contribution in [2.75, 3.05) is 46.5 Å². The first kappa shape index (κ1) is 27.6. The molecule has 1 atom stereocenters. The van der Waals surface area contributed by atoms with Gasteiger partial charge in [0.1, 0.15) is 11.5 Å². The number of nitrogens with zero attached hydrogens (tertiary/aromatic N) is 2. The lowest BCUT2D eigenvalue weighted by Crippen LogP contribution is -2.42. The van der Waals surface area contributed by atoms with E-state index in [4.69, 9.17) is 9.47 Å². The highest BCUT2D eigenvalue weighted by molar-refractivity contribution is 6.46. The molecule has 1 amide bonds. The lowest BCUT2D eigenvalue weighted by Gasteiger charge is -2.31. The number of aromatic amines is 1. The van der Waals surface area contributed by atoms with Crippen LogP contribution in [0.4, 0.5) is 0 Å². The Morgan fingerprint density at radius 1 is 1.11 bits per heavy atom. The highest BCUT2D eigenvalue weighted by atomic mass is 16.5. The molecule has 2 N–H and O–H groups in total. The Kier molecular flexibility index (Phi) is 7.80. The van der Waals surface area contributed by atoms with Gasteiger partial charge in [0.25, 0.3) is 11.7 Å². The number of carbonyl (C=O) groups is 3. The molecule has 4 rings (SSSR count). The van der Waals surface area contributed by atoms with Crippen molar-refractivity contribution in [1.29, 1.82) is 0 Å². The highest BCUT2D eigenvalue weighted by Gasteiger charge is 2.46. The normalized spacial score (nSPS) is 20.3. The number of rotatable bonds is 6. The fourth-order valence-electron chi connectivity index (χ4n) is 5.24. The van der Waals surface area contributed by atoms with E-state index in [-0.39, 0.29) is 22.4 Å². The van der Waals surface area contributed by atoms with Crippen molar-refractivity contribution in [2.45, 2.75) is 46.1 Å². The molecule has 0 bridgehead atoms. The summed E-state index contributed by atoms with van der Waals surface area (Å²) in [7, 11) is 1.28. The molecule has 204 valence electrons. The van der Waals surface area contributed by atoms with Gasteiger partial charge in [-0.1, -0.05) is 45.0 Å². The number of carbonyl (C=O) groups excluding carboxylic acids is 3. The van der Waals surface area contributed by atoms with Crippen LogP contribution in [0.1, 0.15) is 65.2 Å². The summed E-state index contributed by atoms with van der Waals surface area (Å²) in [5.41, 5.74) is 3.27. The maximum absolute atomic E-state index is 13.5. The van der Waals surface area contributed by atoms with E-state index >= 15 is 0 Å². The number of H-pyrrole nitrogens is 1. The molecule has 0 aliphatic carbocycles. The second-order valence-electron chi connectivity index (χ2n) is 10.9. The summed E-state index contributed by atoms with van der Waals surface area (Å²) in [6.45, 7) is 13.4. The van der Waals surface area contributed by atoms with Crippen LogP contribution >= 0.6 is 0 Å². The van der Waals surface area contributed by atoms with Crippen LogP contribution in [0.2, 0.25) is 0 Å². The monoisotopic (exact) mass is 523 g/mol. The number of Topliss-reactive ketones (excluding diaryl/α,β-unsaturated/α-hetero) is 1. The van der Waals surface area contributed by atoms with Crippen LogP contribution in [0.5, 0.6) is 0 Å². The minimum atomic E-state index is -0.764. The van der Waals surface area contributed by atoms with Gasteiger partial charge >= 0.3 is 5.97 Å². The van der Waals surface area contributed by atoms with Crippen LogP contribution in [0, 0.1) is 13.8 Å². The molecule has 38 heavy (non-hydrogen) atoms. The number of benzene rings is 1. The van der Waals surface area contributed by atoms with Crippen LogP contribution in [-0.4, -0.2) is 84.1 Å². The largest absolute Gasteiger partial charge is 0.507 e. The van der Waals surface area contributed by atoms with E-state index in [0.717, 1.165) is 24.2 Å². The summed E-state index contributed by atoms with van der Waals surface area (Å²) in [5, 5.41) is 11.6. The topological polar surface area (TPSA) is 112 Å². The number of aryl methyl sites for hydroxylation is 1. The number of amides is 1. The summed E-state index contributed by atoms with van der Waals surface area (Å²) in [4.78, 5) is 45.8. The van der Waals surface area contributed by atoms with Crippen LogP contribution in [-0.2, 0) is 24.5 Å². The number of hydrogen-bond donors (Lipinski definition) is 2. The number of likely N-dealkylation sites (tertiary alicyclic amines) is 1. The Morgan fingerprint density at radius 3 is 2.32 bits per heavy atom. The summed E-state index contributed by atoms with van der Waals surface area (Å²) in [5.74, 6) is -2.27. The fraction of sp³-hybridized carbons (Fsp3) is 0.483. The van der Waals surface area contributed by atoms with Gasteiger partial charge in [0, 0.05) is 37.4 Å². The first-order valence-corrected chi connectivity index (χ1v) is 12.9. The SMILES string of the molecule is COC(=O)c1[nH]c(C)c(/C(O)=C2\C(=O)C(=O)N(CCN3CCOCC3)[C@@H]2c2ccc(C(C)(C)C)cc2)c1C. The molecule has 0 unspecified atom stereocenters. The molecule has 1 aromatic heterocycles. The quantitative estimate of drug-likeness (QED) is 0.258. The number of aromatic nitrogens is 1. The first-order chi connectivity index (χ1) is 18.0. The van der Waals surface area contributed by atoms with E-state index < -0.39 is 23.7 Å². The van der Waals surface area contributed by atoms with Crippen molar-refractivity contribution in [3.63, 3.8) is 0 Å². The van der Waals surface area contributed by atoms with Gasteiger partial charge in [0.05, 0.1) is 31.9 Å². The van der Waals surface area contributed by atoms with Crippen molar-refractivity contribution in [3.8, 4) is 0 Å². The second kappa shape index (κ2) is 10.7. The molecule has 2 aliphatic rings. The highest BCUT2D eigenvalue weighted by Crippen LogP contribution is 2.41. The Labute approximate surface area is 223 Å². The minimum absolute atomic E-state index is 0.0158. The van der Waals surface area contributed by atoms with Crippen LogP contribution in [0.15, 0.2) is 29.8 Å². The van der Waals surface area contributed by atoms with Gasteiger partial charge in [-0.05, 0) is 36.0 Å². The number of nitrogens with one attached hydrogen (secondary N) is 1. The van der Waals surface area contributed by atoms with E-state index in [1.54, 1.807) is 18.7 Å². The number of ketones is 1. The average molecular weight is 524 g/mol. The van der Waals surface area contributed by atoms with Crippen molar-refractivity contribution < 1.29 is 29.0 Å². The molecule has 3 heterocycles. The summed E-state index contributed by atoms with van der Waals surface area (Å²) >= 11 is 0. The maximum atomic E-state index is 13.5. The number of aliphatic hydroxyl groups is 1. The van der Waals surface area contributed by atoms with Crippen molar-refractivity contribution in [1.82, 2.24) is 14.8 Å². The van der Waals surface area contributed by atoms with Crippen molar-refractivity contribution >= 4 is 23.4 Å². The second-order valence-corrected chi connectivity index (χ2v) is 10.9. The number of morpholine rings is 1. The zero-order chi connectivity index (χ0) is 27.8. The van der Waals surface area contributed by atoms with Crippen molar-refractivity contribution in [3.05, 3.63) is 63.5 Å². The molecule has 0 spiro atoms. The third-order valence-corrected chi connectivity index (χ3v) is 7.46. The molecule has 1 aromatic carbocycles. The average Bonchev–Trinajstić information content (AvgIpc) is 3.33. The maximum Gasteiger partial charge on any atom is 0.354 e. The molecule has 9 nitrogen and oxygen atoms in total. The molecule has 2 aliphatic heterocycles. The van der Waals surface area contributed by atoms with Gasteiger partial charge < -0.3 is 24.5 Å². The van der Waals surface area contributed by atoms with Gasteiger partial charge in [-0.25, -0.2) is 4.79 Å². The van der Waals surface area contributed by atoms with E-state index in [2.05, 4.69) is 30.7 Å². The van der Waals surface area contributed by atoms with Crippen molar-refractivity contribution in [2.24, 2.45) is 0 Å². The van der Waals surface area contributed by atoms with E-state index in [1.165, 1.54) is 7.11 Å². The zero-order valence-electron chi connectivity index (χ0n) is 23.0. The van der Waals surface area contributed by atoms with Crippen LogP contribution < -0.4 is 0 Å². The molecule has 2 saturated heterocycles. The van der Waals surface area contributed by atoms with E-state index in [9.17, 15) is 19.5 Å². The molecular formula is C29H37N3O6. The zero-order valence-corrected chi connectivity index (χ0v) is 23.0. The third kappa shape index (κ3) is 5.13. The van der Waals surface area contributed by atoms with Gasteiger partial charge in [0.15, 0.2) is 0 Å². The predicted octanol–water partition coefficient (Wildman–Crippen LogP) is 3.47. The van der Waals surface area contributed by atoms with Crippen LogP contribution in [0.3, 0.4) is 0 Å². The lowest BCUT2D eigenvalue weighted by molar-refractivity contribution is -0.140. The Hall–Kier alpha value is -3.43. The predicted molar refractivity (Wildman–Crippen MR) is 143 cm³/mol. The van der Waals surface area contributed by atoms with Gasteiger partial charge in [-0.3, -0.25) is 14.5 Å². The number of esters is 1. The molecular weight excluding hydrogens is 486 g/mol. The van der Waals surface area contributed by atoms with E-state index in [0.29, 0.717) is 43.1 Å². The molecule has 2 fully saturated rings.